The van der Waals surface area contributed by atoms with Crippen molar-refractivity contribution in [3.8, 4) is 0 Å². The molecule has 0 aliphatic heterocycles. The van der Waals surface area contributed by atoms with Crippen molar-refractivity contribution in [3.05, 3.63) is 48.8 Å². The summed E-state index contributed by atoms with van der Waals surface area (Å²) in [4.78, 5) is 19.3. The smallest absolute Gasteiger partial charge is 0.152 e. The number of aldehydes is 1. The monoisotopic (exact) mass is 240 g/mol. The second-order valence-electron chi connectivity index (χ2n) is 4.07. The third kappa shape index (κ3) is 1.79. The van der Waals surface area contributed by atoms with Crippen LogP contribution in [0.25, 0.3) is 11.0 Å². The molecular weight excluding hydrogens is 228 g/mol. The molecular formula is C13H12N4O. The normalized spacial score (nSPS) is 10.9. The highest BCUT2D eigenvalue weighted by Crippen LogP contribution is 2.17. The van der Waals surface area contributed by atoms with Gasteiger partial charge in [-0.2, -0.15) is 0 Å². The summed E-state index contributed by atoms with van der Waals surface area (Å²) < 4.78 is 3.99. The predicted molar refractivity (Wildman–Crippen MR) is 67.3 cm³/mol. The molecule has 0 fully saturated rings. The van der Waals surface area contributed by atoms with Gasteiger partial charge in [-0.15, -0.1) is 0 Å². The Balaban J connectivity index is 1.94. The molecule has 3 aromatic heterocycles. The fourth-order valence-electron chi connectivity index (χ4n) is 2.06. The number of rotatable bonds is 4. The van der Waals surface area contributed by atoms with E-state index in [0.29, 0.717) is 5.56 Å². The summed E-state index contributed by atoms with van der Waals surface area (Å²) in [5.41, 5.74) is 1.53. The van der Waals surface area contributed by atoms with Gasteiger partial charge in [0.1, 0.15) is 5.65 Å². The van der Waals surface area contributed by atoms with E-state index in [9.17, 15) is 4.79 Å². The maximum atomic E-state index is 11.0. The minimum Gasteiger partial charge on any atom is -0.336 e. The Morgan fingerprint density at radius 2 is 2.22 bits per heavy atom. The molecule has 0 spiro atoms. The van der Waals surface area contributed by atoms with Crippen molar-refractivity contribution in [1.29, 1.82) is 0 Å². The molecule has 0 N–H and O–H groups in total. The van der Waals surface area contributed by atoms with Crippen LogP contribution in [0.1, 0.15) is 10.4 Å². The average Bonchev–Trinajstić information content (AvgIpc) is 3.04. The van der Waals surface area contributed by atoms with E-state index in [1.165, 1.54) is 0 Å². The van der Waals surface area contributed by atoms with Gasteiger partial charge in [0.05, 0.1) is 6.33 Å². The molecule has 0 unspecified atom stereocenters. The first-order chi connectivity index (χ1) is 8.88. The molecule has 0 amide bonds. The first-order valence-corrected chi connectivity index (χ1v) is 5.73. The van der Waals surface area contributed by atoms with E-state index in [1.54, 1.807) is 18.7 Å². The Hall–Kier alpha value is -2.43. The minimum atomic E-state index is 0.684. The molecule has 3 heterocycles. The van der Waals surface area contributed by atoms with Crippen LogP contribution in [0.15, 0.2) is 43.2 Å². The number of imidazole rings is 1. The summed E-state index contributed by atoms with van der Waals surface area (Å²) in [6.45, 7) is 1.57. The maximum Gasteiger partial charge on any atom is 0.152 e. The number of hydrogen-bond acceptors (Lipinski definition) is 3. The number of fused-ring (bicyclic) bond motifs is 1. The van der Waals surface area contributed by atoms with E-state index in [4.69, 9.17) is 0 Å². The zero-order valence-corrected chi connectivity index (χ0v) is 9.73. The van der Waals surface area contributed by atoms with Crippen LogP contribution in [0, 0.1) is 0 Å². The minimum absolute atomic E-state index is 0.684. The van der Waals surface area contributed by atoms with Gasteiger partial charge in [0, 0.05) is 48.8 Å². The highest BCUT2D eigenvalue weighted by Gasteiger charge is 2.07. The summed E-state index contributed by atoms with van der Waals surface area (Å²) in [6.07, 6.45) is 9.91. The number of aryl methyl sites for hydroxylation is 2. The van der Waals surface area contributed by atoms with Gasteiger partial charge in [0.25, 0.3) is 0 Å². The van der Waals surface area contributed by atoms with E-state index < -0.39 is 0 Å². The van der Waals surface area contributed by atoms with Crippen molar-refractivity contribution < 1.29 is 4.79 Å². The molecule has 0 atom stereocenters. The Morgan fingerprint density at radius 1 is 1.28 bits per heavy atom. The van der Waals surface area contributed by atoms with Gasteiger partial charge in [-0.05, 0) is 12.1 Å². The largest absolute Gasteiger partial charge is 0.336 e. The summed E-state index contributed by atoms with van der Waals surface area (Å²) in [5, 5.41) is 0.901. The summed E-state index contributed by atoms with van der Waals surface area (Å²) in [6, 6.07) is 3.76. The van der Waals surface area contributed by atoms with Crippen LogP contribution in [0.4, 0.5) is 0 Å². The first-order valence-electron chi connectivity index (χ1n) is 5.73. The zero-order valence-electron chi connectivity index (χ0n) is 9.73. The molecule has 5 nitrogen and oxygen atoms in total. The van der Waals surface area contributed by atoms with Gasteiger partial charge >= 0.3 is 0 Å². The van der Waals surface area contributed by atoms with Gasteiger partial charge in [0.15, 0.2) is 6.29 Å². The predicted octanol–water partition coefficient (Wildman–Crippen LogP) is 1.75. The number of hydrogen-bond donors (Lipinski definition) is 0. The average molecular weight is 240 g/mol. The molecule has 5 heteroatoms. The van der Waals surface area contributed by atoms with Crippen molar-refractivity contribution in [2.24, 2.45) is 0 Å². The Morgan fingerprint density at radius 3 is 3.00 bits per heavy atom. The SMILES string of the molecule is O=Cc1cn(CCn2ccnc2)c2ncccc12. The number of carbonyl (C=O) groups is 1. The Bertz CT molecular complexity index is 669. The van der Waals surface area contributed by atoms with Crippen LogP contribution in [-0.2, 0) is 13.1 Å². The van der Waals surface area contributed by atoms with Gasteiger partial charge in [0.2, 0.25) is 0 Å². The van der Waals surface area contributed by atoms with Gasteiger partial charge in [-0.3, -0.25) is 4.79 Å². The Labute approximate surface area is 104 Å². The number of nitrogens with zero attached hydrogens (tertiary/aromatic N) is 4. The summed E-state index contributed by atoms with van der Waals surface area (Å²) in [7, 11) is 0. The second-order valence-corrected chi connectivity index (χ2v) is 4.07. The van der Waals surface area contributed by atoms with E-state index in [-0.39, 0.29) is 0 Å². The van der Waals surface area contributed by atoms with Crippen LogP contribution in [0.2, 0.25) is 0 Å². The fraction of sp³-hybridized carbons (Fsp3) is 0.154. The lowest BCUT2D eigenvalue weighted by Crippen LogP contribution is -2.05. The molecule has 0 saturated heterocycles. The van der Waals surface area contributed by atoms with E-state index in [2.05, 4.69) is 9.97 Å². The Kier molecular flexibility index (Phi) is 2.64. The third-order valence-corrected chi connectivity index (χ3v) is 2.95. The van der Waals surface area contributed by atoms with Gasteiger partial charge in [-0.25, -0.2) is 9.97 Å². The van der Waals surface area contributed by atoms with Crippen LogP contribution in [-0.4, -0.2) is 25.4 Å². The lowest BCUT2D eigenvalue weighted by molar-refractivity contribution is 0.112. The lowest BCUT2D eigenvalue weighted by Gasteiger charge is -2.04. The molecule has 0 aromatic carbocycles. The van der Waals surface area contributed by atoms with Crippen molar-refractivity contribution in [2.75, 3.05) is 0 Å². The summed E-state index contributed by atoms with van der Waals surface area (Å²) >= 11 is 0. The third-order valence-electron chi connectivity index (χ3n) is 2.95. The second kappa shape index (κ2) is 4.44. The molecule has 0 aliphatic rings. The van der Waals surface area contributed by atoms with Crippen LogP contribution < -0.4 is 0 Å². The van der Waals surface area contributed by atoms with E-state index in [0.717, 1.165) is 30.4 Å². The quantitative estimate of drug-likeness (QED) is 0.653. The van der Waals surface area contributed by atoms with E-state index in [1.807, 2.05) is 33.7 Å². The molecule has 0 saturated carbocycles. The van der Waals surface area contributed by atoms with Crippen molar-refractivity contribution in [3.63, 3.8) is 0 Å². The fourth-order valence-corrected chi connectivity index (χ4v) is 2.06. The number of pyridine rings is 1. The molecule has 90 valence electrons. The zero-order chi connectivity index (χ0) is 12.4. The molecule has 0 bridgehead atoms. The van der Waals surface area contributed by atoms with Crippen LogP contribution in [0.5, 0.6) is 0 Å². The topological polar surface area (TPSA) is 52.7 Å². The molecule has 3 rings (SSSR count). The van der Waals surface area contributed by atoms with Crippen molar-refractivity contribution in [2.45, 2.75) is 13.1 Å². The van der Waals surface area contributed by atoms with Crippen molar-refractivity contribution in [1.82, 2.24) is 19.1 Å². The summed E-state index contributed by atoms with van der Waals surface area (Å²) in [5.74, 6) is 0. The number of aromatic nitrogens is 4. The molecule has 3 aromatic rings. The first kappa shape index (κ1) is 10.7. The standard InChI is InChI=1S/C13H12N4O/c18-9-11-8-17(7-6-16-5-4-14-10-16)13-12(11)2-1-3-15-13/h1-5,8-10H,6-7H2. The maximum absolute atomic E-state index is 11.0. The lowest BCUT2D eigenvalue weighted by atomic mass is 10.2. The van der Waals surface area contributed by atoms with Crippen molar-refractivity contribution >= 4 is 17.3 Å². The van der Waals surface area contributed by atoms with Crippen LogP contribution >= 0.6 is 0 Å². The molecule has 0 radical (unpaired) electrons. The highest BCUT2D eigenvalue weighted by molar-refractivity contribution is 5.95. The van der Waals surface area contributed by atoms with Crippen LogP contribution in [0.3, 0.4) is 0 Å². The number of carbonyl (C=O) groups excluding carboxylic acids is 1. The molecule has 18 heavy (non-hydrogen) atoms. The van der Waals surface area contributed by atoms with Gasteiger partial charge < -0.3 is 9.13 Å². The van der Waals surface area contributed by atoms with Gasteiger partial charge in [-0.1, -0.05) is 0 Å². The molecule has 0 aliphatic carbocycles. The van der Waals surface area contributed by atoms with E-state index >= 15 is 0 Å². The highest BCUT2D eigenvalue weighted by atomic mass is 16.1.